The zero-order chi connectivity index (χ0) is 16.8. The standard InChI is InChI=1S/C18H35N5/c1-4-19-18(21-13-17-23-15-10-11-16-23)20-12-8-6-5-7-9-14-22(2)3/h10-11,15-16H,4-9,12-14,17H2,1-3H3,(H2,19,20,21). The highest BCUT2D eigenvalue weighted by Gasteiger charge is 1.97. The van der Waals surface area contributed by atoms with Crippen molar-refractivity contribution in [3.8, 4) is 0 Å². The lowest BCUT2D eigenvalue weighted by Crippen LogP contribution is -2.38. The molecule has 1 rings (SSSR count). The Morgan fingerprint density at radius 1 is 1.00 bits per heavy atom. The van der Waals surface area contributed by atoms with E-state index in [-0.39, 0.29) is 0 Å². The Morgan fingerprint density at radius 3 is 2.39 bits per heavy atom. The maximum absolute atomic E-state index is 4.66. The molecule has 0 amide bonds. The van der Waals surface area contributed by atoms with Crippen LogP contribution in [0, 0.1) is 0 Å². The Hall–Kier alpha value is -1.49. The third-order valence-electron chi connectivity index (χ3n) is 3.71. The Kier molecular flexibility index (Phi) is 11.0. The summed E-state index contributed by atoms with van der Waals surface area (Å²) in [4.78, 5) is 6.91. The second-order valence-corrected chi connectivity index (χ2v) is 6.18. The van der Waals surface area contributed by atoms with Gasteiger partial charge in [-0.1, -0.05) is 19.3 Å². The summed E-state index contributed by atoms with van der Waals surface area (Å²) in [6.45, 7) is 6.97. The van der Waals surface area contributed by atoms with Crippen molar-refractivity contribution in [1.82, 2.24) is 20.1 Å². The second kappa shape index (κ2) is 13.0. The van der Waals surface area contributed by atoms with Crippen molar-refractivity contribution in [2.24, 2.45) is 4.99 Å². The fraction of sp³-hybridized carbons (Fsp3) is 0.722. The van der Waals surface area contributed by atoms with Gasteiger partial charge in [0.1, 0.15) is 0 Å². The van der Waals surface area contributed by atoms with Crippen molar-refractivity contribution in [2.75, 3.05) is 40.3 Å². The van der Waals surface area contributed by atoms with Crippen LogP contribution in [0.5, 0.6) is 0 Å². The van der Waals surface area contributed by atoms with Crippen LogP contribution in [-0.2, 0) is 6.54 Å². The van der Waals surface area contributed by atoms with Gasteiger partial charge in [-0.2, -0.15) is 0 Å². The second-order valence-electron chi connectivity index (χ2n) is 6.18. The van der Waals surface area contributed by atoms with Crippen LogP contribution in [-0.4, -0.2) is 55.7 Å². The molecule has 1 heterocycles. The number of aliphatic imine (C=N–C) groups is 1. The zero-order valence-electron chi connectivity index (χ0n) is 15.2. The number of hydrogen-bond donors (Lipinski definition) is 2. The van der Waals surface area contributed by atoms with Crippen molar-refractivity contribution in [2.45, 2.75) is 45.6 Å². The number of guanidine groups is 1. The number of aromatic nitrogens is 1. The molecule has 23 heavy (non-hydrogen) atoms. The van der Waals surface area contributed by atoms with Crippen molar-refractivity contribution in [3.05, 3.63) is 24.5 Å². The van der Waals surface area contributed by atoms with Crippen molar-refractivity contribution >= 4 is 5.96 Å². The fourth-order valence-corrected chi connectivity index (χ4v) is 2.43. The van der Waals surface area contributed by atoms with E-state index < -0.39 is 0 Å². The predicted molar refractivity (Wildman–Crippen MR) is 100 cm³/mol. The summed E-state index contributed by atoms with van der Waals surface area (Å²) in [6, 6.07) is 4.11. The lowest BCUT2D eigenvalue weighted by Gasteiger charge is -2.11. The summed E-state index contributed by atoms with van der Waals surface area (Å²) in [5.41, 5.74) is 0. The van der Waals surface area contributed by atoms with Crippen molar-refractivity contribution < 1.29 is 0 Å². The van der Waals surface area contributed by atoms with E-state index in [1.165, 1.54) is 38.6 Å². The van der Waals surface area contributed by atoms with E-state index in [0.29, 0.717) is 0 Å². The van der Waals surface area contributed by atoms with Crippen molar-refractivity contribution in [3.63, 3.8) is 0 Å². The average molecular weight is 322 g/mol. The number of rotatable bonds is 12. The van der Waals surface area contributed by atoms with Gasteiger partial charge < -0.3 is 20.1 Å². The molecule has 0 radical (unpaired) electrons. The maximum atomic E-state index is 4.66. The molecule has 0 spiro atoms. The lowest BCUT2D eigenvalue weighted by atomic mass is 10.1. The van der Waals surface area contributed by atoms with Gasteiger partial charge in [-0.05, 0) is 52.5 Å². The van der Waals surface area contributed by atoms with Crippen LogP contribution < -0.4 is 10.6 Å². The molecule has 132 valence electrons. The highest BCUT2D eigenvalue weighted by atomic mass is 15.2. The molecule has 0 fully saturated rings. The third-order valence-corrected chi connectivity index (χ3v) is 3.71. The van der Waals surface area contributed by atoms with Gasteiger partial charge in [0.05, 0.1) is 0 Å². The van der Waals surface area contributed by atoms with E-state index in [2.05, 4.69) is 70.6 Å². The van der Waals surface area contributed by atoms with Crippen LogP contribution in [0.4, 0.5) is 0 Å². The molecule has 0 atom stereocenters. The molecule has 5 nitrogen and oxygen atoms in total. The number of nitrogens with zero attached hydrogens (tertiary/aromatic N) is 3. The molecule has 0 aromatic carbocycles. The van der Waals surface area contributed by atoms with Gasteiger partial charge in [0, 0.05) is 38.6 Å². The molecule has 0 aliphatic heterocycles. The molecule has 1 aromatic rings. The molecule has 1 aromatic heterocycles. The first-order chi connectivity index (χ1) is 11.2. The SMILES string of the molecule is CCNC(=NCCCCCCCN(C)C)NCCn1cccc1. The highest BCUT2D eigenvalue weighted by molar-refractivity contribution is 5.79. The minimum absolute atomic E-state index is 0.894. The monoisotopic (exact) mass is 321 g/mol. The molecule has 0 aliphatic rings. The summed E-state index contributed by atoms with van der Waals surface area (Å²) in [7, 11) is 4.28. The van der Waals surface area contributed by atoms with Gasteiger partial charge >= 0.3 is 0 Å². The molecule has 2 N–H and O–H groups in total. The van der Waals surface area contributed by atoms with Crippen LogP contribution >= 0.6 is 0 Å². The molecule has 0 bridgehead atoms. The van der Waals surface area contributed by atoms with Crippen LogP contribution in [0.15, 0.2) is 29.5 Å². The summed E-state index contributed by atoms with van der Waals surface area (Å²) in [6.07, 6.45) is 10.6. The molecule has 0 saturated carbocycles. The Labute approximate surface area is 142 Å². The van der Waals surface area contributed by atoms with Crippen LogP contribution in [0.1, 0.15) is 39.0 Å². The molecular weight excluding hydrogens is 286 g/mol. The summed E-state index contributed by atoms with van der Waals surface area (Å²) in [5, 5.41) is 6.71. The van der Waals surface area contributed by atoms with E-state index in [4.69, 9.17) is 0 Å². The van der Waals surface area contributed by atoms with E-state index >= 15 is 0 Å². The number of hydrogen-bond acceptors (Lipinski definition) is 2. The van der Waals surface area contributed by atoms with Crippen LogP contribution in [0.25, 0.3) is 0 Å². The van der Waals surface area contributed by atoms with Gasteiger partial charge in [0.25, 0.3) is 0 Å². The lowest BCUT2D eigenvalue weighted by molar-refractivity contribution is 0.390. The molecular formula is C18H35N5. The minimum atomic E-state index is 0.894. The Morgan fingerprint density at radius 2 is 1.70 bits per heavy atom. The summed E-state index contributed by atoms with van der Waals surface area (Å²) >= 11 is 0. The predicted octanol–water partition coefficient (Wildman–Crippen LogP) is 2.56. The van der Waals surface area contributed by atoms with Gasteiger partial charge in [-0.25, -0.2) is 0 Å². The fourth-order valence-electron chi connectivity index (χ4n) is 2.43. The molecule has 0 aliphatic carbocycles. The molecule has 5 heteroatoms. The Bertz CT molecular complexity index is 398. The van der Waals surface area contributed by atoms with Gasteiger partial charge in [0.15, 0.2) is 5.96 Å². The van der Waals surface area contributed by atoms with E-state index in [1.807, 2.05) is 0 Å². The minimum Gasteiger partial charge on any atom is -0.357 e. The maximum Gasteiger partial charge on any atom is 0.191 e. The molecule has 0 saturated heterocycles. The van der Waals surface area contributed by atoms with Gasteiger partial charge in [-0.3, -0.25) is 4.99 Å². The van der Waals surface area contributed by atoms with E-state index in [9.17, 15) is 0 Å². The summed E-state index contributed by atoms with van der Waals surface area (Å²) < 4.78 is 2.17. The topological polar surface area (TPSA) is 44.6 Å². The normalized spacial score (nSPS) is 11.9. The van der Waals surface area contributed by atoms with Gasteiger partial charge in [0.2, 0.25) is 0 Å². The van der Waals surface area contributed by atoms with Crippen LogP contribution in [0.2, 0.25) is 0 Å². The van der Waals surface area contributed by atoms with E-state index in [0.717, 1.165) is 32.1 Å². The van der Waals surface area contributed by atoms with Crippen molar-refractivity contribution in [1.29, 1.82) is 0 Å². The van der Waals surface area contributed by atoms with E-state index in [1.54, 1.807) is 0 Å². The first-order valence-corrected chi connectivity index (χ1v) is 9.00. The smallest absolute Gasteiger partial charge is 0.191 e. The zero-order valence-corrected chi connectivity index (χ0v) is 15.2. The van der Waals surface area contributed by atoms with Crippen LogP contribution in [0.3, 0.4) is 0 Å². The Balaban J connectivity index is 2.08. The average Bonchev–Trinajstić information content (AvgIpc) is 3.03. The highest BCUT2D eigenvalue weighted by Crippen LogP contribution is 2.03. The first-order valence-electron chi connectivity index (χ1n) is 9.00. The number of unbranched alkanes of at least 4 members (excludes halogenated alkanes) is 4. The largest absolute Gasteiger partial charge is 0.357 e. The summed E-state index contributed by atoms with van der Waals surface area (Å²) in [5.74, 6) is 0.937. The first kappa shape index (κ1) is 19.6. The quantitative estimate of drug-likeness (QED) is 0.353. The molecule has 0 unspecified atom stereocenters. The third kappa shape index (κ3) is 10.8. The van der Waals surface area contributed by atoms with Gasteiger partial charge in [-0.15, -0.1) is 0 Å². The number of nitrogens with one attached hydrogen (secondary N) is 2.